The second-order valence-corrected chi connectivity index (χ2v) is 4.67. The monoisotopic (exact) mass is 295 g/mol. The second kappa shape index (κ2) is 5.31. The maximum Gasteiger partial charge on any atom is 0.235 e. The lowest BCUT2D eigenvalue weighted by Gasteiger charge is -2.07. The Morgan fingerprint density at radius 1 is 1.29 bits per heavy atom. The van der Waals surface area contributed by atoms with Crippen LogP contribution in [-0.4, -0.2) is 10.2 Å². The Balaban J connectivity index is 2.02. The van der Waals surface area contributed by atoms with Crippen molar-refractivity contribution < 1.29 is 4.42 Å². The molecule has 4 nitrogen and oxygen atoms in total. The molecule has 1 aromatic carbocycles. The molecule has 0 fully saturated rings. The number of anilines is 1. The number of nitrogens with one attached hydrogen (secondary N) is 1. The van der Waals surface area contributed by atoms with Gasteiger partial charge in [-0.2, -0.15) is 0 Å². The van der Waals surface area contributed by atoms with Gasteiger partial charge in [-0.15, -0.1) is 10.2 Å². The van der Waals surface area contributed by atoms with Gasteiger partial charge in [0.1, 0.15) is 0 Å². The van der Waals surface area contributed by atoms with Crippen molar-refractivity contribution in [1.29, 1.82) is 0 Å². The van der Waals surface area contributed by atoms with E-state index < -0.39 is 0 Å². The lowest BCUT2D eigenvalue weighted by atomic mass is 10.2. The molecule has 0 bridgehead atoms. The van der Waals surface area contributed by atoms with Gasteiger partial charge in [-0.3, -0.25) is 0 Å². The average Bonchev–Trinajstić information content (AvgIpc) is 2.76. The summed E-state index contributed by atoms with van der Waals surface area (Å²) >= 11 is 3.44. The Bertz CT molecular complexity index is 510. The number of hydrogen-bond donors (Lipinski definition) is 1. The highest BCUT2D eigenvalue weighted by Crippen LogP contribution is 2.20. The van der Waals surface area contributed by atoms with E-state index in [1.54, 1.807) is 0 Å². The number of nitrogens with zero attached hydrogens (tertiary/aromatic N) is 2. The molecule has 1 aromatic heterocycles. The molecule has 2 aromatic rings. The number of halogens is 1. The number of rotatable bonds is 4. The van der Waals surface area contributed by atoms with Crippen molar-refractivity contribution in [2.45, 2.75) is 26.8 Å². The Labute approximate surface area is 109 Å². The second-order valence-electron chi connectivity index (χ2n) is 3.76. The van der Waals surface area contributed by atoms with Gasteiger partial charge in [0.25, 0.3) is 0 Å². The van der Waals surface area contributed by atoms with Gasteiger partial charge in [0.2, 0.25) is 11.8 Å². The molecule has 0 spiro atoms. The van der Waals surface area contributed by atoms with Crippen LogP contribution in [0, 0.1) is 6.92 Å². The first-order valence-corrected chi connectivity index (χ1v) is 6.29. The van der Waals surface area contributed by atoms with Gasteiger partial charge in [-0.25, -0.2) is 0 Å². The minimum Gasteiger partial charge on any atom is -0.423 e. The first-order valence-electron chi connectivity index (χ1n) is 5.50. The van der Waals surface area contributed by atoms with Crippen LogP contribution in [0.15, 0.2) is 27.1 Å². The number of aromatic nitrogens is 2. The predicted octanol–water partition coefficient (Wildman–Crippen LogP) is 3.32. The zero-order chi connectivity index (χ0) is 12.3. The summed E-state index contributed by atoms with van der Waals surface area (Å²) in [5.74, 6) is 1.29. The van der Waals surface area contributed by atoms with E-state index in [0.29, 0.717) is 18.3 Å². The van der Waals surface area contributed by atoms with E-state index in [9.17, 15) is 0 Å². The van der Waals surface area contributed by atoms with Crippen molar-refractivity contribution >= 4 is 21.6 Å². The molecule has 0 amide bonds. The third-order valence-corrected chi connectivity index (χ3v) is 2.92. The van der Waals surface area contributed by atoms with E-state index in [1.165, 1.54) is 5.56 Å². The quantitative estimate of drug-likeness (QED) is 0.940. The Morgan fingerprint density at radius 2 is 2.06 bits per heavy atom. The van der Waals surface area contributed by atoms with Crippen LogP contribution in [0.25, 0.3) is 0 Å². The average molecular weight is 296 g/mol. The van der Waals surface area contributed by atoms with Crippen molar-refractivity contribution in [1.82, 2.24) is 10.2 Å². The number of benzene rings is 1. The van der Waals surface area contributed by atoms with Crippen LogP contribution < -0.4 is 5.32 Å². The topological polar surface area (TPSA) is 51.0 Å². The largest absolute Gasteiger partial charge is 0.423 e. The fourth-order valence-electron chi connectivity index (χ4n) is 1.50. The van der Waals surface area contributed by atoms with Crippen molar-refractivity contribution in [3.05, 3.63) is 40.0 Å². The fraction of sp³-hybridized carbons (Fsp3) is 0.333. The molecule has 90 valence electrons. The van der Waals surface area contributed by atoms with Crippen molar-refractivity contribution in [3.63, 3.8) is 0 Å². The Morgan fingerprint density at radius 3 is 2.71 bits per heavy atom. The molecule has 0 aliphatic rings. The molecule has 0 radical (unpaired) electrons. The first-order chi connectivity index (χ1) is 8.19. The van der Waals surface area contributed by atoms with Crippen LogP contribution in [0.4, 0.5) is 5.69 Å². The third kappa shape index (κ3) is 3.06. The molecule has 2 rings (SSSR count). The van der Waals surface area contributed by atoms with E-state index in [4.69, 9.17) is 4.42 Å². The minimum atomic E-state index is 0.551. The Hall–Kier alpha value is -1.36. The molecule has 1 heterocycles. The van der Waals surface area contributed by atoms with E-state index in [1.807, 2.05) is 19.1 Å². The zero-order valence-electron chi connectivity index (χ0n) is 9.83. The smallest absolute Gasteiger partial charge is 0.235 e. The maximum atomic E-state index is 5.42. The summed E-state index contributed by atoms with van der Waals surface area (Å²) in [5, 5.41) is 11.2. The summed E-state index contributed by atoms with van der Waals surface area (Å²) in [6.45, 7) is 4.59. The Kier molecular flexibility index (Phi) is 3.78. The molecular weight excluding hydrogens is 282 g/mol. The highest BCUT2D eigenvalue weighted by Gasteiger charge is 2.04. The molecule has 17 heavy (non-hydrogen) atoms. The normalized spacial score (nSPS) is 10.5. The number of aryl methyl sites for hydroxylation is 2. The summed E-state index contributed by atoms with van der Waals surface area (Å²) in [5.41, 5.74) is 2.25. The fourth-order valence-corrected chi connectivity index (χ4v) is 1.97. The molecule has 0 unspecified atom stereocenters. The molecule has 0 atom stereocenters. The lowest BCUT2D eigenvalue weighted by Crippen LogP contribution is -2.01. The number of hydrogen-bond acceptors (Lipinski definition) is 4. The molecule has 5 heteroatoms. The maximum absolute atomic E-state index is 5.42. The predicted molar refractivity (Wildman–Crippen MR) is 69.9 cm³/mol. The van der Waals surface area contributed by atoms with Gasteiger partial charge in [0.05, 0.1) is 6.54 Å². The van der Waals surface area contributed by atoms with Gasteiger partial charge in [0.15, 0.2) is 0 Å². The molecule has 0 saturated carbocycles. The summed E-state index contributed by atoms with van der Waals surface area (Å²) in [4.78, 5) is 0. The van der Waals surface area contributed by atoms with Crippen LogP contribution in [0.5, 0.6) is 0 Å². The zero-order valence-corrected chi connectivity index (χ0v) is 11.4. The van der Waals surface area contributed by atoms with E-state index in [2.05, 4.69) is 44.4 Å². The van der Waals surface area contributed by atoms with Crippen LogP contribution in [0.1, 0.15) is 24.3 Å². The highest BCUT2D eigenvalue weighted by molar-refractivity contribution is 9.10. The standard InChI is InChI=1S/C12H14BrN3O/c1-3-11-15-16-12(17-11)7-14-10-5-4-9(13)6-8(10)2/h4-6,14H,3,7H2,1-2H3. The summed E-state index contributed by atoms with van der Waals surface area (Å²) in [6, 6.07) is 6.09. The van der Waals surface area contributed by atoms with Crippen LogP contribution >= 0.6 is 15.9 Å². The molecule has 0 saturated heterocycles. The van der Waals surface area contributed by atoms with Gasteiger partial charge in [-0.1, -0.05) is 22.9 Å². The minimum absolute atomic E-state index is 0.551. The first kappa shape index (κ1) is 12.1. The molecule has 0 aliphatic carbocycles. The lowest BCUT2D eigenvalue weighted by molar-refractivity contribution is 0.460. The van der Waals surface area contributed by atoms with Crippen LogP contribution in [0.3, 0.4) is 0 Å². The summed E-state index contributed by atoms with van der Waals surface area (Å²) in [6.07, 6.45) is 0.768. The van der Waals surface area contributed by atoms with Crippen LogP contribution in [0.2, 0.25) is 0 Å². The van der Waals surface area contributed by atoms with Crippen LogP contribution in [-0.2, 0) is 13.0 Å². The van der Waals surface area contributed by atoms with Crippen molar-refractivity contribution in [2.75, 3.05) is 5.32 Å². The highest BCUT2D eigenvalue weighted by atomic mass is 79.9. The SMILES string of the molecule is CCc1nnc(CNc2ccc(Br)cc2C)o1. The van der Waals surface area contributed by atoms with Gasteiger partial charge in [-0.05, 0) is 30.7 Å². The molecule has 0 aliphatic heterocycles. The van der Waals surface area contributed by atoms with E-state index in [-0.39, 0.29) is 0 Å². The van der Waals surface area contributed by atoms with Gasteiger partial charge < -0.3 is 9.73 Å². The summed E-state index contributed by atoms with van der Waals surface area (Å²) in [7, 11) is 0. The van der Waals surface area contributed by atoms with E-state index in [0.717, 1.165) is 16.6 Å². The van der Waals surface area contributed by atoms with Crippen molar-refractivity contribution in [3.8, 4) is 0 Å². The molecular formula is C12H14BrN3O. The van der Waals surface area contributed by atoms with Gasteiger partial charge in [0, 0.05) is 16.6 Å². The van der Waals surface area contributed by atoms with Crippen molar-refractivity contribution in [2.24, 2.45) is 0 Å². The molecule has 1 N–H and O–H groups in total. The van der Waals surface area contributed by atoms with E-state index >= 15 is 0 Å². The third-order valence-electron chi connectivity index (χ3n) is 2.43. The summed E-state index contributed by atoms with van der Waals surface area (Å²) < 4.78 is 6.50. The van der Waals surface area contributed by atoms with Gasteiger partial charge >= 0.3 is 0 Å².